The first kappa shape index (κ1) is 44.8. The summed E-state index contributed by atoms with van der Waals surface area (Å²) < 4.78 is 113. The van der Waals surface area contributed by atoms with Gasteiger partial charge in [-0.1, -0.05) is 62.3 Å². The molecule has 0 aromatic carbocycles. The Labute approximate surface area is 329 Å². The van der Waals surface area contributed by atoms with Crippen molar-refractivity contribution in [3.63, 3.8) is 0 Å². The van der Waals surface area contributed by atoms with E-state index in [1.54, 1.807) is 62.3 Å². The quantitative estimate of drug-likeness (QED) is 0.127. The Kier molecular flexibility index (Phi) is 11.2. The minimum atomic E-state index is -4.83. The van der Waals surface area contributed by atoms with Crippen LogP contribution in [0.1, 0.15) is 101 Å². The fourth-order valence-corrected chi connectivity index (χ4v) is 9.88. The van der Waals surface area contributed by atoms with Crippen molar-refractivity contribution < 1.29 is 111 Å². The largest absolute Gasteiger partial charge is 0.504 e. The van der Waals surface area contributed by atoms with Gasteiger partial charge in [0.15, 0.2) is 17.3 Å². The molecule has 0 aromatic rings. The number of hydrogen-bond donors (Lipinski definition) is 3. The van der Waals surface area contributed by atoms with Crippen LogP contribution in [0.3, 0.4) is 0 Å². The van der Waals surface area contributed by atoms with Gasteiger partial charge in [0, 0.05) is 74.3 Å². The number of aliphatic hydroxyl groups is 3. The third-order valence-corrected chi connectivity index (χ3v) is 14.5. The number of alkyl halides is 9. The Hall–Kier alpha value is -1.64. The summed E-state index contributed by atoms with van der Waals surface area (Å²) in [5.74, 6) is -8.13. The minimum absolute atomic E-state index is 0. The predicted octanol–water partition coefficient (Wildman–Crippen LogP) is 10.2. The number of carbonyl (C=O) groups is 3. The molecule has 52 heavy (non-hydrogen) atoms. The maximum absolute atomic E-state index is 12.5. The monoisotopic (exact) mass is 885 g/mol. The van der Waals surface area contributed by atoms with Gasteiger partial charge in [-0.15, -0.1) is 0 Å². The number of hydrogen-bond acceptors (Lipinski definition) is 6. The van der Waals surface area contributed by atoms with Gasteiger partial charge in [0.25, 0.3) is 0 Å². The van der Waals surface area contributed by atoms with Crippen molar-refractivity contribution in [2.24, 2.45) is 50.2 Å². The van der Waals surface area contributed by atoms with Crippen LogP contribution in [0.15, 0.2) is 34.0 Å². The molecular weight excluding hydrogens is 840 g/mol. The van der Waals surface area contributed by atoms with E-state index in [0.29, 0.717) is 38.5 Å². The predicted molar refractivity (Wildman–Crippen MR) is 166 cm³/mol. The first-order chi connectivity index (χ1) is 22.6. The maximum atomic E-state index is 12.5. The summed E-state index contributed by atoms with van der Waals surface area (Å²) in [4.78, 5) is 36.2. The number of carbonyl (C=O) groups excluding carboxylic acids is 3. The average molecular weight is 886 g/mol. The van der Waals surface area contributed by atoms with Crippen LogP contribution in [0.25, 0.3) is 0 Å². The average Bonchev–Trinajstić information content (AvgIpc) is 3.59. The topological polar surface area (TPSA) is 112 Å². The van der Waals surface area contributed by atoms with Gasteiger partial charge in [-0.25, -0.2) is 0 Å². The Bertz CT molecular complexity index is 1460. The van der Waals surface area contributed by atoms with Gasteiger partial charge < -0.3 is 15.3 Å². The smallest absolute Gasteiger partial charge is 0.449 e. The molecule has 0 spiro atoms. The van der Waals surface area contributed by atoms with E-state index in [2.05, 4.69) is 0 Å². The van der Waals surface area contributed by atoms with E-state index in [0.717, 1.165) is 0 Å². The zero-order valence-corrected chi connectivity index (χ0v) is 34.2. The summed E-state index contributed by atoms with van der Waals surface area (Å²) in [5.41, 5.74) is -5.08. The zero-order valence-electron chi connectivity index (χ0n) is 30.5. The molecule has 0 heterocycles. The molecule has 6 atom stereocenters. The van der Waals surface area contributed by atoms with Gasteiger partial charge in [0.05, 0.1) is 0 Å². The molecule has 16 heteroatoms. The molecule has 6 rings (SSSR count). The van der Waals surface area contributed by atoms with E-state index >= 15 is 0 Å². The summed E-state index contributed by atoms with van der Waals surface area (Å²) >= 11 is 0. The van der Waals surface area contributed by atoms with Crippen molar-refractivity contribution in [2.75, 3.05) is 0 Å². The van der Waals surface area contributed by atoms with E-state index in [1.165, 1.54) is 0 Å². The Morgan fingerprint density at radius 1 is 0.462 bits per heavy atom. The van der Waals surface area contributed by atoms with Crippen LogP contribution in [0.4, 0.5) is 39.5 Å². The molecule has 6 aliphatic rings. The molecule has 6 nitrogen and oxygen atoms in total. The summed E-state index contributed by atoms with van der Waals surface area (Å²) in [6.45, 7) is 15.9. The normalized spacial score (nSPS) is 38.0. The molecule has 6 saturated carbocycles. The molecule has 6 fully saturated rings. The van der Waals surface area contributed by atoms with Crippen molar-refractivity contribution in [3.05, 3.63) is 34.0 Å². The van der Waals surface area contributed by atoms with Crippen LogP contribution in [-0.2, 0) is 14.4 Å². The van der Waals surface area contributed by atoms with Gasteiger partial charge in [0.1, 0.15) is 0 Å². The van der Waals surface area contributed by atoms with E-state index in [1.807, 2.05) is 0 Å². The number of aliphatic hydroxyl groups excluding tert-OH is 3. The summed E-state index contributed by atoms with van der Waals surface area (Å²) in [6, 6.07) is 0. The number of allylic oxidation sites excluding steroid dienone is 6. The van der Waals surface area contributed by atoms with Crippen molar-refractivity contribution in [1.82, 2.24) is 0 Å². The summed E-state index contributed by atoms with van der Waals surface area (Å²) in [6.07, 6.45) is -11.1. The SMILES string of the molecule is CC12CCC(/C(=C(/O)C(F)(F)F)C1=O)C2(C)C.CC12CCC(/C(=C(\O)C(F)(F)F)C1=O)C2(C)C.CC12CCC(/C(=C(\O)C(F)(F)F)C1=O)C2(C)C.[Pr]. The third kappa shape index (κ3) is 6.10. The Balaban J connectivity index is 0.000000208. The first-order valence-electron chi connectivity index (χ1n) is 16.8. The Morgan fingerprint density at radius 2 is 0.635 bits per heavy atom. The molecule has 291 valence electrons. The summed E-state index contributed by atoms with van der Waals surface area (Å²) in [5, 5.41) is 27.8. The molecule has 6 aliphatic carbocycles. The van der Waals surface area contributed by atoms with Crippen molar-refractivity contribution in [1.29, 1.82) is 0 Å². The van der Waals surface area contributed by atoms with E-state index in [-0.39, 0.29) is 41.3 Å². The maximum Gasteiger partial charge on any atom is 0.449 e. The second-order valence-electron chi connectivity index (χ2n) is 17.2. The molecular formula is C36H45F9O6Pr. The number of rotatable bonds is 0. The number of ketones is 3. The van der Waals surface area contributed by atoms with Gasteiger partial charge in [0.2, 0.25) is 17.3 Å². The standard InChI is InChI=1S/3C12H15F3O2.Pr/c3*1-10(2)6-4-5-11(10,3)8(16)7(6)9(17)12(13,14)15;/h3*6,17H,4-5H2,1-3H3;/b2*9-7+;9-7-;. The van der Waals surface area contributed by atoms with Crippen LogP contribution in [0.5, 0.6) is 0 Å². The van der Waals surface area contributed by atoms with E-state index in [9.17, 15) is 69.2 Å². The van der Waals surface area contributed by atoms with Crippen LogP contribution in [-0.4, -0.2) is 51.2 Å². The molecule has 6 unspecified atom stereocenters. The first-order valence-corrected chi connectivity index (χ1v) is 16.8. The van der Waals surface area contributed by atoms with Crippen LogP contribution >= 0.6 is 0 Å². The van der Waals surface area contributed by atoms with E-state index in [4.69, 9.17) is 0 Å². The minimum Gasteiger partial charge on any atom is -0.504 e. The molecule has 3 N–H and O–H groups in total. The molecule has 1 radical (unpaired) electrons. The van der Waals surface area contributed by atoms with Gasteiger partial charge in [-0.3, -0.25) is 14.4 Å². The number of Topliss-reactive ketones (excluding diaryl/α,β-unsaturated/α-hetero) is 3. The second kappa shape index (κ2) is 13.0. The van der Waals surface area contributed by atoms with Crippen LogP contribution < -0.4 is 0 Å². The third-order valence-electron chi connectivity index (χ3n) is 14.5. The second-order valence-corrected chi connectivity index (χ2v) is 17.2. The van der Waals surface area contributed by atoms with Gasteiger partial charge in [-0.2, -0.15) is 39.5 Å². The van der Waals surface area contributed by atoms with Gasteiger partial charge >= 0.3 is 18.5 Å². The number of halogens is 9. The summed E-state index contributed by atoms with van der Waals surface area (Å²) in [7, 11) is 0. The fraction of sp³-hybridized carbons (Fsp3) is 0.750. The molecule has 6 bridgehead atoms. The molecule has 0 saturated heterocycles. The molecule has 0 aliphatic heterocycles. The van der Waals surface area contributed by atoms with Crippen molar-refractivity contribution >= 4 is 17.3 Å². The Morgan fingerprint density at radius 3 is 0.750 bits per heavy atom. The van der Waals surface area contributed by atoms with Crippen molar-refractivity contribution in [2.45, 2.75) is 119 Å². The van der Waals surface area contributed by atoms with E-state index < -0.39 is 120 Å². The number of fused-ring (bicyclic) bond motifs is 6. The van der Waals surface area contributed by atoms with Gasteiger partial charge in [-0.05, 0) is 72.5 Å². The van der Waals surface area contributed by atoms with Crippen molar-refractivity contribution in [3.8, 4) is 0 Å². The van der Waals surface area contributed by atoms with Crippen LogP contribution in [0.2, 0.25) is 0 Å². The molecule has 0 aromatic heterocycles. The zero-order chi connectivity index (χ0) is 39.7. The molecule has 0 amide bonds. The van der Waals surface area contributed by atoms with Crippen LogP contribution in [0, 0.1) is 91.5 Å². The fourth-order valence-electron chi connectivity index (χ4n) is 9.88.